The molecule has 1 rings (SSSR count). The van der Waals surface area contributed by atoms with Crippen LogP contribution in [0.5, 0.6) is 0 Å². The van der Waals surface area contributed by atoms with Crippen molar-refractivity contribution in [2.24, 2.45) is 5.84 Å². The van der Waals surface area contributed by atoms with E-state index in [4.69, 9.17) is 5.84 Å². The summed E-state index contributed by atoms with van der Waals surface area (Å²) in [6.45, 7) is -0.312. The first-order valence-electron chi connectivity index (χ1n) is 4.21. The van der Waals surface area contributed by atoms with Gasteiger partial charge in [-0.15, -0.1) is 0 Å². The molecule has 0 spiro atoms. The van der Waals surface area contributed by atoms with Crippen molar-refractivity contribution < 1.29 is 24.0 Å². The van der Waals surface area contributed by atoms with E-state index in [-0.39, 0.29) is 26.2 Å². The van der Waals surface area contributed by atoms with Crippen LogP contribution in [-0.4, -0.2) is 42.4 Å². The average molecular weight is 217 g/mol. The maximum atomic E-state index is 11.2. The second-order valence-electron chi connectivity index (χ2n) is 2.77. The third-order valence-corrected chi connectivity index (χ3v) is 1.77. The predicted molar refractivity (Wildman–Crippen MR) is 45.6 cm³/mol. The van der Waals surface area contributed by atoms with Crippen LogP contribution in [0.15, 0.2) is 0 Å². The number of imide groups is 1. The van der Waals surface area contributed by atoms with Gasteiger partial charge in [-0.2, -0.15) is 0 Å². The molecule has 0 atom stereocenters. The van der Waals surface area contributed by atoms with Crippen molar-refractivity contribution in [2.75, 3.05) is 19.8 Å². The minimum absolute atomic E-state index is 0.0263. The zero-order valence-electron chi connectivity index (χ0n) is 7.89. The van der Waals surface area contributed by atoms with E-state index in [2.05, 4.69) is 9.57 Å². The van der Waals surface area contributed by atoms with E-state index in [1.54, 1.807) is 5.59 Å². The van der Waals surface area contributed by atoms with E-state index in [0.29, 0.717) is 0 Å². The van der Waals surface area contributed by atoms with Crippen LogP contribution in [0.4, 0.5) is 0 Å². The highest BCUT2D eigenvalue weighted by Crippen LogP contribution is 2.02. The van der Waals surface area contributed by atoms with Gasteiger partial charge in [-0.25, -0.2) is 5.84 Å². The van der Waals surface area contributed by atoms with Crippen molar-refractivity contribution >= 4 is 17.8 Å². The maximum Gasteiger partial charge on any atom is 0.328 e. The topological polar surface area (TPSA) is 111 Å². The van der Waals surface area contributed by atoms with Gasteiger partial charge in [0, 0.05) is 6.54 Å². The lowest BCUT2D eigenvalue weighted by molar-refractivity contribution is -0.160. The number of rotatable bonds is 4. The molecule has 15 heavy (non-hydrogen) atoms. The van der Waals surface area contributed by atoms with Crippen molar-refractivity contribution in [1.29, 1.82) is 0 Å². The fourth-order valence-electron chi connectivity index (χ4n) is 1.09. The first-order chi connectivity index (χ1) is 7.15. The lowest BCUT2D eigenvalue weighted by Gasteiger charge is -2.24. The molecule has 0 aromatic heterocycles. The largest absolute Gasteiger partial charge is 0.362 e. The zero-order valence-corrected chi connectivity index (χ0v) is 7.89. The van der Waals surface area contributed by atoms with Crippen LogP contribution in [0, 0.1) is 0 Å². The van der Waals surface area contributed by atoms with Crippen LogP contribution in [0.25, 0.3) is 0 Å². The normalized spacial score (nSPS) is 16.7. The predicted octanol–water partition coefficient (Wildman–Crippen LogP) is -2.32. The number of morpholine rings is 1. The molecule has 2 amide bonds. The van der Waals surface area contributed by atoms with E-state index in [0.717, 1.165) is 4.90 Å². The quantitative estimate of drug-likeness (QED) is 0.309. The Bertz CT molecular complexity index is 264. The molecule has 0 aromatic carbocycles. The van der Waals surface area contributed by atoms with Gasteiger partial charge in [0.25, 0.3) is 11.8 Å². The third-order valence-electron chi connectivity index (χ3n) is 1.77. The van der Waals surface area contributed by atoms with Gasteiger partial charge in [-0.1, -0.05) is 5.59 Å². The number of nitrogens with one attached hydrogen (secondary N) is 1. The molecular formula is C7H11N3O5. The first-order valence-corrected chi connectivity index (χ1v) is 4.21. The summed E-state index contributed by atoms with van der Waals surface area (Å²) in [6.07, 6.45) is -0.109. The number of hydrazine groups is 1. The van der Waals surface area contributed by atoms with Gasteiger partial charge < -0.3 is 9.57 Å². The SMILES string of the molecule is NNOC(=O)CCN1C(=O)COCC1=O. The van der Waals surface area contributed by atoms with E-state index >= 15 is 0 Å². The number of carbonyl (C=O) groups is 3. The second kappa shape index (κ2) is 5.39. The lowest BCUT2D eigenvalue weighted by Crippen LogP contribution is -2.47. The standard InChI is InChI=1S/C7H11N3O5/c8-9-15-7(13)1-2-10-5(11)3-14-4-6(10)12/h9H,1-4,8H2. The molecule has 8 nitrogen and oxygen atoms in total. The highest BCUT2D eigenvalue weighted by atomic mass is 16.7. The second-order valence-corrected chi connectivity index (χ2v) is 2.77. The summed E-state index contributed by atoms with van der Waals surface area (Å²) in [6, 6.07) is 0. The monoisotopic (exact) mass is 217 g/mol. The Morgan fingerprint density at radius 3 is 2.60 bits per heavy atom. The molecule has 0 aromatic rings. The first kappa shape index (κ1) is 11.6. The van der Waals surface area contributed by atoms with E-state index in [1.165, 1.54) is 0 Å². The molecule has 0 unspecified atom stereocenters. The number of nitrogens with two attached hydrogens (primary N) is 1. The molecule has 3 N–H and O–H groups in total. The van der Waals surface area contributed by atoms with E-state index in [1.807, 2.05) is 0 Å². The number of ether oxygens (including phenoxy) is 1. The van der Waals surface area contributed by atoms with Gasteiger partial charge >= 0.3 is 5.97 Å². The molecule has 1 saturated heterocycles. The molecule has 8 heteroatoms. The highest BCUT2D eigenvalue weighted by Gasteiger charge is 2.26. The molecule has 1 heterocycles. The third kappa shape index (κ3) is 3.27. The number of hydrogen-bond donors (Lipinski definition) is 2. The van der Waals surface area contributed by atoms with Crippen molar-refractivity contribution in [3.63, 3.8) is 0 Å². The summed E-state index contributed by atoms with van der Waals surface area (Å²) in [4.78, 5) is 38.4. The number of carbonyl (C=O) groups excluding carboxylic acids is 3. The van der Waals surface area contributed by atoms with Gasteiger partial charge in [0.1, 0.15) is 13.2 Å². The van der Waals surface area contributed by atoms with E-state index in [9.17, 15) is 14.4 Å². The molecule has 0 saturated carbocycles. The van der Waals surface area contributed by atoms with Gasteiger partial charge in [-0.05, 0) is 0 Å². The molecule has 1 fully saturated rings. The van der Waals surface area contributed by atoms with Crippen LogP contribution in [0.3, 0.4) is 0 Å². The summed E-state index contributed by atoms with van der Waals surface area (Å²) in [5, 5.41) is 0. The van der Waals surface area contributed by atoms with E-state index < -0.39 is 17.8 Å². The molecule has 0 aliphatic carbocycles. The fraction of sp³-hybridized carbons (Fsp3) is 0.571. The Kier molecular flexibility index (Phi) is 4.16. The zero-order chi connectivity index (χ0) is 11.3. The molecule has 0 radical (unpaired) electrons. The van der Waals surface area contributed by atoms with Crippen LogP contribution in [0.2, 0.25) is 0 Å². The number of amides is 2. The maximum absolute atomic E-state index is 11.2. The molecule has 1 aliphatic heterocycles. The number of nitrogens with zero attached hydrogens (tertiary/aromatic N) is 1. The van der Waals surface area contributed by atoms with Crippen LogP contribution < -0.4 is 11.4 Å². The lowest BCUT2D eigenvalue weighted by atomic mass is 10.3. The molecule has 1 aliphatic rings. The smallest absolute Gasteiger partial charge is 0.328 e. The summed E-state index contributed by atoms with van der Waals surface area (Å²) in [7, 11) is 0. The summed E-state index contributed by atoms with van der Waals surface area (Å²) < 4.78 is 4.69. The fourth-order valence-corrected chi connectivity index (χ4v) is 1.09. The van der Waals surface area contributed by atoms with Gasteiger partial charge in [-0.3, -0.25) is 19.3 Å². The van der Waals surface area contributed by atoms with Crippen molar-refractivity contribution in [1.82, 2.24) is 10.5 Å². The van der Waals surface area contributed by atoms with Crippen molar-refractivity contribution in [2.45, 2.75) is 6.42 Å². The average Bonchev–Trinajstić information content (AvgIpc) is 2.17. The summed E-state index contributed by atoms with van der Waals surface area (Å²) >= 11 is 0. The van der Waals surface area contributed by atoms with Gasteiger partial charge in [0.2, 0.25) is 0 Å². The van der Waals surface area contributed by atoms with Crippen molar-refractivity contribution in [3.8, 4) is 0 Å². The summed E-state index contributed by atoms with van der Waals surface area (Å²) in [5.41, 5.74) is 1.72. The molecular weight excluding hydrogens is 206 g/mol. The van der Waals surface area contributed by atoms with Crippen molar-refractivity contribution in [3.05, 3.63) is 0 Å². The Balaban J connectivity index is 2.39. The highest BCUT2D eigenvalue weighted by molar-refractivity contribution is 5.98. The van der Waals surface area contributed by atoms with Crippen LogP contribution in [0.1, 0.15) is 6.42 Å². The minimum Gasteiger partial charge on any atom is -0.362 e. The Hall–Kier alpha value is -1.51. The van der Waals surface area contributed by atoms with Crippen LogP contribution in [-0.2, 0) is 24.0 Å². The number of hydrogen-bond acceptors (Lipinski definition) is 7. The van der Waals surface area contributed by atoms with Gasteiger partial charge in [0.05, 0.1) is 6.42 Å². The Morgan fingerprint density at radius 2 is 2.07 bits per heavy atom. The minimum atomic E-state index is -0.649. The molecule has 0 bridgehead atoms. The Morgan fingerprint density at radius 1 is 1.47 bits per heavy atom. The van der Waals surface area contributed by atoms with Gasteiger partial charge in [0.15, 0.2) is 0 Å². The summed E-state index contributed by atoms with van der Waals surface area (Å²) in [5.74, 6) is 3.17. The Labute approximate surface area is 85.2 Å². The van der Waals surface area contributed by atoms with Crippen LogP contribution >= 0.6 is 0 Å². The molecule has 84 valence electrons.